The van der Waals surface area contributed by atoms with E-state index in [0.717, 1.165) is 44.0 Å². The van der Waals surface area contributed by atoms with Gasteiger partial charge in [0.15, 0.2) is 0 Å². The van der Waals surface area contributed by atoms with E-state index in [2.05, 4.69) is 35.1 Å². The molecule has 0 aliphatic rings. The van der Waals surface area contributed by atoms with Gasteiger partial charge in [0.05, 0.1) is 0 Å². The Morgan fingerprint density at radius 1 is 1.41 bits per heavy atom. The number of aromatic nitrogens is 1. The van der Waals surface area contributed by atoms with E-state index in [1.807, 2.05) is 12.3 Å². The minimum Gasteiger partial charge on any atom is -0.396 e. The number of nitrogens with zero attached hydrogens (tertiary/aromatic N) is 2. The predicted octanol–water partition coefficient (Wildman–Crippen LogP) is 2.11. The Hall–Kier alpha value is -1.29. The van der Waals surface area contributed by atoms with Crippen molar-refractivity contribution in [3.63, 3.8) is 0 Å². The second kappa shape index (κ2) is 7.90. The van der Waals surface area contributed by atoms with Crippen LogP contribution in [0.3, 0.4) is 0 Å². The summed E-state index contributed by atoms with van der Waals surface area (Å²) in [6, 6.07) is 4.08. The lowest BCUT2D eigenvalue weighted by molar-refractivity contribution is 0.289. The molecule has 4 heteroatoms. The van der Waals surface area contributed by atoms with Gasteiger partial charge in [0.2, 0.25) is 0 Å². The second-order valence-electron chi connectivity index (χ2n) is 3.98. The predicted molar refractivity (Wildman–Crippen MR) is 72.6 cm³/mol. The highest BCUT2D eigenvalue weighted by Gasteiger charge is 2.04. The fraction of sp³-hybridized carbons (Fsp3) is 0.615. The molecule has 1 aromatic rings. The Balaban J connectivity index is 2.66. The Labute approximate surface area is 104 Å². The molecule has 1 heterocycles. The maximum absolute atomic E-state index is 8.88. The maximum Gasteiger partial charge on any atom is 0.127 e. The van der Waals surface area contributed by atoms with Crippen LogP contribution >= 0.6 is 0 Å². The van der Waals surface area contributed by atoms with Crippen LogP contribution in [0.2, 0.25) is 0 Å². The summed E-state index contributed by atoms with van der Waals surface area (Å²) in [5.41, 5.74) is 1.16. The third-order valence-corrected chi connectivity index (χ3v) is 2.63. The highest BCUT2D eigenvalue weighted by molar-refractivity contribution is 5.53. The van der Waals surface area contributed by atoms with Crippen LogP contribution in [-0.4, -0.2) is 36.3 Å². The Kier molecular flexibility index (Phi) is 6.40. The van der Waals surface area contributed by atoms with E-state index < -0.39 is 0 Å². The molecule has 0 fully saturated rings. The lowest BCUT2D eigenvalue weighted by atomic mass is 10.3. The van der Waals surface area contributed by atoms with Crippen molar-refractivity contribution in [2.45, 2.75) is 26.7 Å². The van der Waals surface area contributed by atoms with E-state index in [-0.39, 0.29) is 6.61 Å². The molecular formula is C13H23N3O. The zero-order valence-electron chi connectivity index (χ0n) is 10.8. The Morgan fingerprint density at radius 2 is 2.24 bits per heavy atom. The summed E-state index contributed by atoms with van der Waals surface area (Å²) >= 11 is 0. The Bertz CT molecular complexity index is 317. The van der Waals surface area contributed by atoms with Crippen LogP contribution in [0.1, 0.15) is 26.7 Å². The SMILES string of the molecule is CCCNc1cc(N(CC)CCCO)ccn1. The van der Waals surface area contributed by atoms with Gasteiger partial charge in [0, 0.05) is 44.2 Å². The van der Waals surface area contributed by atoms with Gasteiger partial charge >= 0.3 is 0 Å². The highest BCUT2D eigenvalue weighted by atomic mass is 16.3. The van der Waals surface area contributed by atoms with Crippen molar-refractivity contribution in [1.82, 2.24) is 4.98 Å². The summed E-state index contributed by atoms with van der Waals surface area (Å²) in [7, 11) is 0. The van der Waals surface area contributed by atoms with Crippen molar-refractivity contribution in [1.29, 1.82) is 0 Å². The summed E-state index contributed by atoms with van der Waals surface area (Å²) in [5, 5.41) is 12.2. The van der Waals surface area contributed by atoms with Crippen LogP contribution in [0.4, 0.5) is 11.5 Å². The number of rotatable bonds is 8. The number of aliphatic hydroxyl groups is 1. The first kappa shape index (κ1) is 13.8. The van der Waals surface area contributed by atoms with Gasteiger partial charge in [-0.3, -0.25) is 0 Å². The average molecular weight is 237 g/mol. The maximum atomic E-state index is 8.88. The lowest BCUT2D eigenvalue weighted by Crippen LogP contribution is -2.24. The first-order valence-electron chi connectivity index (χ1n) is 6.37. The van der Waals surface area contributed by atoms with Gasteiger partial charge in [-0.25, -0.2) is 4.98 Å². The van der Waals surface area contributed by atoms with Gasteiger partial charge in [-0.2, -0.15) is 0 Å². The minimum absolute atomic E-state index is 0.239. The van der Waals surface area contributed by atoms with Crippen LogP contribution in [0.5, 0.6) is 0 Å². The molecular weight excluding hydrogens is 214 g/mol. The molecule has 4 nitrogen and oxygen atoms in total. The molecule has 17 heavy (non-hydrogen) atoms. The van der Waals surface area contributed by atoms with Crippen molar-refractivity contribution in [3.8, 4) is 0 Å². The molecule has 0 aliphatic carbocycles. The van der Waals surface area contributed by atoms with E-state index >= 15 is 0 Å². The second-order valence-corrected chi connectivity index (χ2v) is 3.98. The minimum atomic E-state index is 0.239. The van der Waals surface area contributed by atoms with Gasteiger partial charge in [0.25, 0.3) is 0 Å². The number of nitrogens with one attached hydrogen (secondary N) is 1. The van der Waals surface area contributed by atoms with Gasteiger partial charge < -0.3 is 15.3 Å². The van der Waals surface area contributed by atoms with E-state index in [9.17, 15) is 0 Å². The molecule has 1 aromatic heterocycles. The van der Waals surface area contributed by atoms with Crippen LogP contribution in [-0.2, 0) is 0 Å². The molecule has 1 rings (SSSR count). The number of hydrogen-bond acceptors (Lipinski definition) is 4. The topological polar surface area (TPSA) is 48.4 Å². The van der Waals surface area contributed by atoms with Crippen LogP contribution in [0, 0.1) is 0 Å². The fourth-order valence-corrected chi connectivity index (χ4v) is 1.70. The average Bonchev–Trinajstić information content (AvgIpc) is 2.38. The zero-order valence-corrected chi connectivity index (χ0v) is 10.8. The number of anilines is 2. The van der Waals surface area contributed by atoms with Crippen molar-refractivity contribution in [2.24, 2.45) is 0 Å². The molecule has 0 aromatic carbocycles. The Morgan fingerprint density at radius 3 is 2.88 bits per heavy atom. The van der Waals surface area contributed by atoms with Gasteiger partial charge in [-0.1, -0.05) is 6.92 Å². The smallest absolute Gasteiger partial charge is 0.127 e. The van der Waals surface area contributed by atoms with Crippen molar-refractivity contribution in [3.05, 3.63) is 18.3 Å². The summed E-state index contributed by atoms with van der Waals surface area (Å²) in [6.07, 6.45) is 3.72. The molecule has 0 aliphatic heterocycles. The molecule has 0 saturated carbocycles. The zero-order chi connectivity index (χ0) is 12.5. The van der Waals surface area contributed by atoms with E-state index in [4.69, 9.17) is 5.11 Å². The summed E-state index contributed by atoms with van der Waals surface area (Å²) in [4.78, 5) is 6.53. The van der Waals surface area contributed by atoms with Crippen LogP contribution in [0.25, 0.3) is 0 Å². The largest absolute Gasteiger partial charge is 0.396 e. The van der Waals surface area contributed by atoms with E-state index in [1.165, 1.54) is 0 Å². The van der Waals surface area contributed by atoms with E-state index in [1.54, 1.807) is 0 Å². The molecule has 0 unspecified atom stereocenters. The normalized spacial score (nSPS) is 10.3. The summed E-state index contributed by atoms with van der Waals surface area (Å²) in [5.74, 6) is 0.923. The monoisotopic (exact) mass is 237 g/mol. The lowest BCUT2D eigenvalue weighted by Gasteiger charge is -2.23. The van der Waals surface area contributed by atoms with Crippen molar-refractivity contribution in [2.75, 3.05) is 36.5 Å². The molecule has 96 valence electrons. The molecule has 0 saturated heterocycles. The van der Waals surface area contributed by atoms with Crippen LogP contribution in [0.15, 0.2) is 18.3 Å². The molecule has 0 spiro atoms. The van der Waals surface area contributed by atoms with Gasteiger partial charge in [-0.05, 0) is 25.8 Å². The van der Waals surface area contributed by atoms with Gasteiger partial charge in [-0.15, -0.1) is 0 Å². The molecule has 0 bridgehead atoms. The molecule has 0 radical (unpaired) electrons. The summed E-state index contributed by atoms with van der Waals surface area (Å²) in [6.45, 7) is 7.26. The van der Waals surface area contributed by atoms with Crippen molar-refractivity contribution >= 4 is 11.5 Å². The first-order valence-corrected chi connectivity index (χ1v) is 6.37. The van der Waals surface area contributed by atoms with E-state index in [0.29, 0.717) is 0 Å². The fourth-order valence-electron chi connectivity index (χ4n) is 1.70. The van der Waals surface area contributed by atoms with Crippen molar-refractivity contribution < 1.29 is 5.11 Å². The summed E-state index contributed by atoms with van der Waals surface area (Å²) < 4.78 is 0. The molecule has 0 amide bonds. The van der Waals surface area contributed by atoms with Gasteiger partial charge in [0.1, 0.15) is 5.82 Å². The highest BCUT2D eigenvalue weighted by Crippen LogP contribution is 2.17. The third-order valence-electron chi connectivity index (χ3n) is 2.63. The quantitative estimate of drug-likeness (QED) is 0.727. The standard InChI is InChI=1S/C13H23N3O/c1-3-7-14-13-11-12(6-8-15-13)16(4-2)9-5-10-17/h6,8,11,17H,3-5,7,9-10H2,1-2H3,(H,14,15). The number of pyridine rings is 1. The number of aliphatic hydroxyl groups excluding tert-OH is 1. The molecule has 0 atom stereocenters. The first-order chi connectivity index (χ1) is 8.31. The third kappa shape index (κ3) is 4.61. The number of hydrogen-bond donors (Lipinski definition) is 2. The molecule has 2 N–H and O–H groups in total. The van der Waals surface area contributed by atoms with Crippen LogP contribution < -0.4 is 10.2 Å².